The number of amides is 1. The fourth-order valence-electron chi connectivity index (χ4n) is 1.90. The summed E-state index contributed by atoms with van der Waals surface area (Å²) >= 11 is 3.38. The number of carbonyl (C=O) groups is 1. The van der Waals surface area contributed by atoms with Crippen molar-refractivity contribution in [3.63, 3.8) is 0 Å². The molecule has 20 heavy (non-hydrogen) atoms. The Morgan fingerprint density at radius 3 is 2.55 bits per heavy atom. The molecule has 1 atom stereocenters. The monoisotopic (exact) mass is 336 g/mol. The molecule has 5 nitrogen and oxygen atoms in total. The van der Waals surface area contributed by atoms with E-state index in [9.17, 15) is 4.79 Å². The Kier molecular flexibility index (Phi) is 4.79. The fraction of sp³-hybridized carbons (Fsp3) is 0.286. The van der Waals surface area contributed by atoms with Crippen LogP contribution in [0.1, 0.15) is 13.8 Å². The topological polar surface area (TPSA) is 59.0 Å². The Morgan fingerprint density at radius 1 is 1.35 bits per heavy atom. The summed E-state index contributed by atoms with van der Waals surface area (Å²) in [5.41, 5.74) is 1.81. The molecule has 1 unspecified atom stereocenters. The third-order valence-corrected chi connectivity index (χ3v) is 3.09. The first kappa shape index (κ1) is 14.6. The maximum atomic E-state index is 10.9. The third-order valence-electron chi connectivity index (χ3n) is 2.68. The molecule has 1 aromatic carbocycles. The summed E-state index contributed by atoms with van der Waals surface area (Å²) in [6, 6.07) is 7.89. The molecular formula is C14H17BrN4O. The van der Waals surface area contributed by atoms with Gasteiger partial charge in [0.1, 0.15) is 0 Å². The predicted octanol–water partition coefficient (Wildman–Crippen LogP) is 3.10. The van der Waals surface area contributed by atoms with Gasteiger partial charge >= 0.3 is 0 Å². The van der Waals surface area contributed by atoms with Crippen LogP contribution in [0.15, 0.2) is 41.1 Å². The Labute approximate surface area is 126 Å². The summed E-state index contributed by atoms with van der Waals surface area (Å²) in [7, 11) is 0. The molecule has 0 spiro atoms. The van der Waals surface area contributed by atoms with E-state index in [1.807, 2.05) is 35.1 Å². The first-order chi connectivity index (χ1) is 9.52. The Hall–Kier alpha value is -1.82. The average molecular weight is 337 g/mol. The largest absolute Gasteiger partial charge is 0.381 e. The van der Waals surface area contributed by atoms with E-state index >= 15 is 0 Å². The molecule has 0 aliphatic heterocycles. The van der Waals surface area contributed by atoms with Crippen molar-refractivity contribution in [1.82, 2.24) is 9.78 Å². The number of aromatic nitrogens is 2. The molecular weight excluding hydrogens is 320 g/mol. The van der Waals surface area contributed by atoms with E-state index < -0.39 is 0 Å². The molecule has 1 heterocycles. The zero-order valence-electron chi connectivity index (χ0n) is 11.4. The van der Waals surface area contributed by atoms with Crippen molar-refractivity contribution in [2.45, 2.75) is 26.4 Å². The Balaban J connectivity index is 1.90. The van der Waals surface area contributed by atoms with Gasteiger partial charge in [0, 0.05) is 30.5 Å². The van der Waals surface area contributed by atoms with E-state index in [1.165, 1.54) is 6.92 Å². The van der Waals surface area contributed by atoms with Crippen molar-refractivity contribution < 1.29 is 4.79 Å². The van der Waals surface area contributed by atoms with E-state index in [0.29, 0.717) is 0 Å². The van der Waals surface area contributed by atoms with Crippen LogP contribution < -0.4 is 10.6 Å². The molecule has 2 aromatic rings. The summed E-state index contributed by atoms with van der Waals surface area (Å²) in [6.07, 6.45) is 3.72. The standard InChI is InChI=1S/C14H17BrN4O/c1-10(8-19-9-12(15)7-16-19)17-13-3-5-14(6-4-13)18-11(2)20/h3-7,9-10,17H,8H2,1-2H3,(H,18,20). The van der Waals surface area contributed by atoms with Gasteiger partial charge in [-0.2, -0.15) is 5.10 Å². The van der Waals surface area contributed by atoms with Gasteiger partial charge in [0.2, 0.25) is 5.91 Å². The highest BCUT2D eigenvalue weighted by Crippen LogP contribution is 2.15. The second-order valence-corrected chi connectivity index (χ2v) is 5.60. The summed E-state index contributed by atoms with van der Waals surface area (Å²) in [5, 5.41) is 10.4. The van der Waals surface area contributed by atoms with Gasteiger partial charge in [-0.1, -0.05) is 0 Å². The number of anilines is 2. The summed E-state index contributed by atoms with van der Waals surface area (Å²) in [6.45, 7) is 4.37. The van der Waals surface area contributed by atoms with Crippen molar-refractivity contribution in [1.29, 1.82) is 0 Å². The van der Waals surface area contributed by atoms with Crippen LogP contribution in [-0.4, -0.2) is 21.7 Å². The lowest BCUT2D eigenvalue weighted by Gasteiger charge is -2.15. The van der Waals surface area contributed by atoms with Crippen molar-refractivity contribution in [2.24, 2.45) is 0 Å². The van der Waals surface area contributed by atoms with Crippen LogP contribution in [-0.2, 0) is 11.3 Å². The predicted molar refractivity (Wildman–Crippen MR) is 83.8 cm³/mol. The van der Waals surface area contributed by atoms with Crippen LogP contribution in [0.2, 0.25) is 0 Å². The van der Waals surface area contributed by atoms with E-state index in [1.54, 1.807) is 6.20 Å². The van der Waals surface area contributed by atoms with Crippen LogP contribution in [0.4, 0.5) is 11.4 Å². The maximum absolute atomic E-state index is 10.9. The first-order valence-corrected chi connectivity index (χ1v) is 7.14. The van der Waals surface area contributed by atoms with E-state index in [-0.39, 0.29) is 11.9 Å². The van der Waals surface area contributed by atoms with Gasteiger partial charge in [-0.05, 0) is 47.1 Å². The molecule has 1 aromatic heterocycles. The number of benzene rings is 1. The van der Waals surface area contributed by atoms with Gasteiger partial charge in [0.15, 0.2) is 0 Å². The Morgan fingerprint density at radius 2 is 2.00 bits per heavy atom. The smallest absolute Gasteiger partial charge is 0.221 e. The van der Waals surface area contributed by atoms with E-state index in [0.717, 1.165) is 22.4 Å². The molecule has 2 rings (SSSR count). The maximum Gasteiger partial charge on any atom is 0.221 e. The van der Waals surface area contributed by atoms with Crippen molar-refractivity contribution in [3.8, 4) is 0 Å². The highest BCUT2D eigenvalue weighted by atomic mass is 79.9. The highest BCUT2D eigenvalue weighted by Gasteiger charge is 2.04. The molecule has 0 saturated heterocycles. The highest BCUT2D eigenvalue weighted by molar-refractivity contribution is 9.10. The summed E-state index contributed by atoms with van der Waals surface area (Å²) in [4.78, 5) is 10.9. The molecule has 6 heteroatoms. The summed E-state index contributed by atoms with van der Waals surface area (Å²) < 4.78 is 2.86. The van der Waals surface area contributed by atoms with Crippen LogP contribution in [0.25, 0.3) is 0 Å². The van der Waals surface area contributed by atoms with Gasteiger partial charge < -0.3 is 10.6 Å². The fourth-order valence-corrected chi connectivity index (χ4v) is 2.23. The molecule has 0 bridgehead atoms. The number of hydrogen-bond acceptors (Lipinski definition) is 3. The molecule has 106 valence electrons. The van der Waals surface area contributed by atoms with Gasteiger partial charge in [-0.3, -0.25) is 9.48 Å². The van der Waals surface area contributed by atoms with Crippen LogP contribution in [0.3, 0.4) is 0 Å². The van der Waals surface area contributed by atoms with Crippen molar-refractivity contribution in [2.75, 3.05) is 10.6 Å². The SMILES string of the molecule is CC(=O)Nc1ccc(NC(C)Cn2cc(Br)cn2)cc1. The second-order valence-electron chi connectivity index (χ2n) is 4.68. The van der Waals surface area contributed by atoms with Crippen molar-refractivity contribution >= 4 is 33.2 Å². The van der Waals surface area contributed by atoms with Crippen molar-refractivity contribution in [3.05, 3.63) is 41.1 Å². The van der Waals surface area contributed by atoms with Crippen LogP contribution >= 0.6 is 15.9 Å². The number of carbonyl (C=O) groups excluding carboxylic acids is 1. The lowest BCUT2D eigenvalue weighted by atomic mass is 10.2. The molecule has 0 radical (unpaired) electrons. The van der Waals surface area contributed by atoms with Gasteiger partial charge in [0.05, 0.1) is 17.2 Å². The molecule has 0 aliphatic carbocycles. The number of nitrogens with zero attached hydrogens (tertiary/aromatic N) is 2. The van der Waals surface area contributed by atoms with E-state index in [2.05, 4.69) is 38.6 Å². The lowest BCUT2D eigenvalue weighted by molar-refractivity contribution is -0.114. The third kappa shape index (κ3) is 4.38. The zero-order chi connectivity index (χ0) is 14.5. The van der Waals surface area contributed by atoms with Gasteiger partial charge in [-0.25, -0.2) is 0 Å². The number of rotatable bonds is 5. The van der Waals surface area contributed by atoms with Crippen LogP contribution in [0.5, 0.6) is 0 Å². The molecule has 0 saturated carbocycles. The zero-order valence-corrected chi connectivity index (χ0v) is 13.0. The van der Waals surface area contributed by atoms with Gasteiger partial charge in [-0.15, -0.1) is 0 Å². The van der Waals surface area contributed by atoms with E-state index in [4.69, 9.17) is 0 Å². The summed E-state index contributed by atoms with van der Waals surface area (Å²) in [5.74, 6) is -0.0664. The quantitative estimate of drug-likeness (QED) is 0.881. The first-order valence-electron chi connectivity index (χ1n) is 6.35. The minimum absolute atomic E-state index is 0.0664. The minimum Gasteiger partial charge on any atom is -0.381 e. The minimum atomic E-state index is -0.0664. The van der Waals surface area contributed by atoms with Gasteiger partial charge in [0.25, 0.3) is 0 Å². The number of nitrogens with one attached hydrogen (secondary N) is 2. The number of hydrogen-bond donors (Lipinski definition) is 2. The average Bonchev–Trinajstić information content (AvgIpc) is 2.76. The molecule has 1 amide bonds. The number of halogens is 1. The molecule has 0 aliphatic rings. The normalized spacial score (nSPS) is 11.9. The Bertz CT molecular complexity index is 579. The molecule has 2 N–H and O–H groups in total. The lowest BCUT2D eigenvalue weighted by Crippen LogP contribution is -2.22. The second kappa shape index (κ2) is 6.56. The van der Waals surface area contributed by atoms with Crippen LogP contribution in [0, 0.1) is 0 Å². The molecule has 0 fully saturated rings.